The van der Waals surface area contributed by atoms with Gasteiger partial charge in [0.2, 0.25) is 0 Å². The zero-order valence-corrected chi connectivity index (χ0v) is 12.6. The van der Waals surface area contributed by atoms with Crippen molar-refractivity contribution in [2.24, 2.45) is 7.05 Å². The molecule has 0 spiro atoms. The van der Waals surface area contributed by atoms with E-state index in [4.69, 9.17) is 4.74 Å². The molecule has 0 aliphatic rings. The van der Waals surface area contributed by atoms with Gasteiger partial charge in [-0.25, -0.2) is 0 Å². The Hall–Kier alpha value is -1.33. The number of hydrogen-bond acceptors (Lipinski definition) is 3. The topological polar surface area (TPSA) is 47.3 Å². The number of hydrogen-bond donors (Lipinski definition) is 1. The zero-order chi connectivity index (χ0) is 13.8. The van der Waals surface area contributed by atoms with E-state index < -0.39 is 6.10 Å². The Labute approximate surface area is 121 Å². The molecule has 1 aromatic heterocycles. The molecule has 2 aromatic rings. The third kappa shape index (κ3) is 3.58. The lowest BCUT2D eigenvalue weighted by Gasteiger charge is -2.14. The molecule has 0 aliphatic heterocycles. The van der Waals surface area contributed by atoms with E-state index in [-0.39, 0.29) is 0 Å². The van der Waals surface area contributed by atoms with Gasteiger partial charge >= 0.3 is 0 Å². The molecule has 1 unspecified atom stereocenters. The van der Waals surface area contributed by atoms with Crippen molar-refractivity contribution in [2.45, 2.75) is 19.4 Å². The number of aryl methyl sites for hydroxylation is 1. The van der Waals surface area contributed by atoms with Crippen molar-refractivity contribution in [3.63, 3.8) is 0 Å². The highest BCUT2D eigenvalue weighted by Gasteiger charge is 2.10. The molecule has 0 aliphatic carbocycles. The third-order valence-electron chi connectivity index (χ3n) is 2.96. The molecule has 0 amide bonds. The van der Waals surface area contributed by atoms with E-state index >= 15 is 0 Å². The molecule has 4 nitrogen and oxygen atoms in total. The fraction of sp³-hybridized carbons (Fsp3) is 0.357. The summed E-state index contributed by atoms with van der Waals surface area (Å²) in [6.07, 6.45) is 2.01. The van der Waals surface area contributed by atoms with Crippen LogP contribution < -0.4 is 4.74 Å². The number of aliphatic hydroxyl groups is 1. The van der Waals surface area contributed by atoms with Crippen LogP contribution in [-0.2, 0) is 13.5 Å². The predicted molar refractivity (Wildman–Crippen MR) is 77.2 cm³/mol. The first kappa shape index (κ1) is 14.1. The quantitative estimate of drug-likeness (QED) is 0.919. The first-order valence-electron chi connectivity index (χ1n) is 6.15. The van der Waals surface area contributed by atoms with Gasteiger partial charge in [-0.05, 0) is 25.1 Å². The normalized spacial score (nSPS) is 12.4. The fourth-order valence-corrected chi connectivity index (χ4v) is 2.23. The van der Waals surface area contributed by atoms with Gasteiger partial charge in [0, 0.05) is 35.4 Å². The number of benzene rings is 1. The van der Waals surface area contributed by atoms with E-state index in [9.17, 15) is 5.11 Å². The molecule has 1 aromatic carbocycles. The van der Waals surface area contributed by atoms with Gasteiger partial charge < -0.3 is 9.84 Å². The lowest BCUT2D eigenvalue weighted by molar-refractivity contribution is 0.191. The molecule has 0 radical (unpaired) electrons. The molecule has 1 atom stereocenters. The number of halogens is 1. The van der Waals surface area contributed by atoms with Crippen molar-refractivity contribution >= 4 is 15.9 Å². The number of nitrogens with zero attached hydrogens (tertiary/aromatic N) is 2. The Morgan fingerprint density at radius 1 is 1.42 bits per heavy atom. The number of rotatable bonds is 5. The van der Waals surface area contributed by atoms with Crippen LogP contribution in [0, 0.1) is 0 Å². The van der Waals surface area contributed by atoms with Crippen LogP contribution >= 0.6 is 15.9 Å². The maximum Gasteiger partial charge on any atom is 0.126 e. The predicted octanol–water partition coefficient (Wildman–Crippen LogP) is 2.86. The molecule has 0 bridgehead atoms. The second-order valence-corrected chi connectivity index (χ2v) is 5.32. The molecule has 19 heavy (non-hydrogen) atoms. The highest BCUT2D eigenvalue weighted by molar-refractivity contribution is 9.10. The minimum atomic E-state index is -0.542. The fourth-order valence-electron chi connectivity index (χ4n) is 1.89. The molecular formula is C14H17BrN2O2. The summed E-state index contributed by atoms with van der Waals surface area (Å²) in [5.74, 6) is 0.714. The van der Waals surface area contributed by atoms with Gasteiger partial charge in [0.05, 0.1) is 12.7 Å². The molecule has 5 heteroatoms. The van der Waals surface area contributed by atoms with Gasteiger partial charge in [0.15, 0.2) is 0 Å². The average Bonchev–Trinajstić information content (AvgIpc) is 2.75. The highest BCUT2D eigenvalue weighted by Crippen LogP contribution is 2.28. The molecule has 0 saturated heterocycles. The van der Waals surface area contributed by atoms with Gasteiger partial charge in [-0.1, -0.05) is 22.0 Å². The number of ether oxygens (including phenoxy) is 1. The second-order valence-electron chi connectivity index (χ2n) is 4.40. The van der Waals surface area contributed by atoms with Crippen LogP contribution in [0.5, 0.6) is 5.75 Å². The Morgan fingerprint density at radius 3 is 2.84 bits per heavy atom. The summed E-state index contributed by atoms with van der Waals surface area (Å²) in [4.78, 5) is 0. The average molecular weight is 325 g/mol. The van der Waals surface area contributed by atoms with Crippen molar-refractivity contribution in [1.29, 1.82) is 0 Å². The Bertz CT molecular complexity index is 552. The molecule has 1 heterocycles. The van der Waals surface area contributed by atoms with Crippen LogP contribution in [0.2, 0.25) is 0 Å². The van der Waals surface area contributed by atoms with Crippen molar-refractivity contribution in [3.8, 4) is 5.75 Å². The summed E-state index contributed by atoms with van der Waals surface area (Å²) in [6.45, 7) is 2.28. The van der Waals surface area contributed by atoms with Gasteiger partial charge in [-0.15, -0.1) is 0 Å². The number of aromatic nitrogens is 2. The maximum atomic E-state index is 9.71. The van der Waals surface area contributed by atoms with E-state index in [2.05, 4.69) is 21.0 Å². The number of aliphatic hydroxyl groups excluding tert-OH is 1. The summed E-state index contributed by atoms with van der Waals surface area (Å²) in [7, 11) is 1.91. The SMILES string of the molecule is CC(O)c1ccc(Br)cc1OCCc1ccnn1C. The molecular weight excluding hydrogens is 308 g/mol. The first-order valence-corrected chi connectivity index (χ1v) is 6.94. The molecule has 0 fully saturated rings. The largest absolute Gasteiger partial charge is 0.493 e. The Kier molecular flexibility index (Phi) is 4.61. The van der Waals surface area contributed by atoms with Crippen LogP contribution in [0.3, 0.4) is 0 Å². The van der Waals surface area contributed by atoms with Crippen molar-refractivity contribution < 1.29 is 9.84 Å². The summed E-state index contributed by atoms with van der Waals surface area (Å²) in [5, 5.41) is 13.8. The summed E-state index contributed by atoms with van der Waals surface area (Å²) in [6, 6.07) is 7.62. The van der Waals surface area contributed by atoms with E-state index in [0.29, 0.717) is 12.4 Å². The van der Waals surface area contributed by atoms with Gasteiger partial charge in [0.25, 0.3) is 0 Å². The molecule has 102 valence electrons. The highest BCUT2D eigenvalue weighted by atomic mass is 79.9. The second kappa shape index (κ2) is 6.21. The van der Waals surface area contributed by atoms with Crippen molar-refractivity contribution in [1.82, 2.24) is 9.78 Å². The maximum absolute atomic E-state index is 9.71. The smallest absolute Gasteiger partial charge is 0.126 e. The summed E-state index contributed by atoms with van der Waals surface area (Å²) >= 11 is 3.41. The van der Waals surface area contributed by atoms with Crippen LogP contribution in [-0.4, -0.2) is 21.5 Å². The van der Waals surface area contributed by atoms with Crippen molar-refractivity contribution in [3.05, 3.63) is 46.2 Å². The van der Waals surface area contributed by atoms with E-state index in [1.165, 1.54) is 0 Å². The van der Waals surface area contributed by atoms with E-state index in [1.807, 2.05) is 36.0 Å². The minimum absolute atomic E-state index is 0.542. The Balaban J connectivity index is 2.03. The summed E-state index contributed by atoms with van der Waals surface area (Å²) < 4.78 is 8.55. The van der Waals surface area contributed by atoms with Gasteiger partial charge in [-0.2, -0.15) is 5.10 Å². The van der Waals surface area contributed by atoms with Crippen LogP contribution in [0.4, 0.5) is 0 Å². The monoisotopic (exact) mass is 324 g/mol. The van der Waals surface area contributed by atoms with Crippen molar-refractivity contribution in [2.75, 3.05) is 6.61 Å². The molecule has 2 rings (SSSR count). The molecule has 1 N–H and O–H groups in total. The summed E-state index contributed by atoms with van der Waals surface area (Å²) in [5.41, 5.74) is 1.92. The first-order chi connectivity index (χ1) is 9.08. The lowest BCUT2D eigenvalue weighted by atomic mass is 10.1. The van der Waals surface area contributed by atoms with E-state index in [0.717, 1.165) is 22.2 Å². The Morgan fingerprint density at radius 2 is 2.21 bits per heavy atom. The molecule has 0 saturated carbocycles. The minimum Gasteiger partial charge on any atom is -0.493 e. The standard InChI is InChI=1S/C14H17BrN2O2/c1-10(18)13-4-3-11(15)9-14(13)19-8-6-12-5-7-16-17(12)2/h3-5,7,9-10,18H,6,8H2,1-2H3. The van der Waals surface area contributed by atoms with Gasteiger partial charge in [0.1, 0.15) is 5.75 Å². The van der Waals surface area contributed by atoms with E-state index in [1.54, 1.807) is 13.1 Å². The zero-order valence-electron chi connectivity index (χ0n) is 11.0. The van der Waals surface area contributed by atoms with Crippen LogP contribution in [0.1, 0.15) is 24.3 Å². The van der Waals surface area contributed by atoms with Gasteiger partial charge in [-0.3, -0.25) is 4.68 Å². The van der Waals surface area contributed by atoms with Crippen LogP contribution in [0.15, 0.2) is 34.9 Å². The van der Waals surface area contributed by atoms with Crippen LogP contribution in [0.25, 0.3) is 0 Å². The third-order valence-corrected chi connectivity index (χ3v) is 3.46. The lowest BCUT2D eigenvalue weighted by Crippen LogP contribution is -2.07.